The average Bonchev–Trinajstić information content (AvgIpc) is 2.15. The Morgan fingerprint density at radius 3 is 2.35 bits per heavy atom. The molecular formula is C12H13F3NO. The van der Waals surface area contributed by atoms with E-state index in [1.54, 1.807) is 20.8 Å². The second kappa shape index (κ2) is 4.39. The van der Waals surface area contributed by atoms with E-state index in [0.29, 0.717) is 0 Å². The van der Waals surface area contributed by atoms with E-state index in [-0.39, 0.29) is 11.6 Å². The second-order valence-electron chi connectivity index (χ2n) is 4.69. The van der Waals surface area contributed by atoms with Gasteiger partial charge in [0.1, 0.15) is 0 Å². The van der Waals surface area contributed by atoms with Crippen molar-refractivity contribution in [2.75, 3.05) is 5.32 Å². The largest absolute Gasteiger partial charge is 0.416 e. The first-order valence-corrected chi connectivity index (χ1v) is 5.01. The van der Waals surface area contributed by atoms with Crippen LogP contribution in [-0.4, -0.2) is 5.91 Å². The predicted molar refractivity (Wildman–Crippen MR) is 58.4 cm³/mol. The first kappa shape index (κ1) is 13.5. The van der Waals surface area contributed by atoms with E-state index in [2.05, 4.69) is 11.4 Å². The Morgan fingerprint density at radius 2 is 1.88 bits per heavy atom. The van der Waals surface area contributed by atoms with Crippen LogP contribution in [0.4, 0.5) is 18.9 Å². The predicted octanol–water partition coefficient (Wildman–Crippen LogP) is 3.49. The molecule has 0 bridgehead atoms. The lowest BCUT2D eigenvalue weighted by atomic mass is 9.95. The number of rotatable bonds is 1. The standard InChI is InChI=1S/C12H13F3NO/c1-11(2,3)10(17)16-9-6-4-5-8(7-9)12(13,14)15/h4-5,7H,1-3H3,(H,16,17). The van der Waals surface area contributed by atoms with Crippen molar-refractivity contribution in [3.8, 4) is 0 Å². The van der Waals surface area contributed by atoms with Gasteiger partial charge in [0, 0.05) is 17.2 Å². The summed E-state index contributed by atoms with van der Waals surface area (Å²) >= 11 is 0. The van der Waals surface area contributed by atoms with Gasteiger partial charge in [-0.2, -0.15) is 13.2 Å². The van der Waals surface area contributed by atoms with Gasteiger partial charge in [-0.15, -0.1) is 0 Å². The Labute approximate surface area is 97.8 Å². The summed E-state index contributed by atoms with van der Waals surface area (Å²) in [5.41, 5.74) is -1.44. The summed E-state index contributed by atoms with van der Waals surface area (Å²) in [6, 6.07) is 5.47. The second-order valence-corrected chi connectivity index (χ2v) is 4.69. The highest BCUT2D eigenvalue weighted by Crippen LogP contribution is 2.30. The molecule has 1 N–H and O–H groups in total. The normalized spacial score (nSPS) is 12.4. The third kappa shape index (κ3) is 3.76. The van der Waals surface area contributed by atoms with Crippen molar-refractivity contribution >= 4 is 11.6 Å². The van der Waals surface area contributed by atoms with Crippen LogP contribution in [-0.2, 0) is 11.0 Å². The molecule has 93 valence electrons. The first-order valence-electron chi connectivity index (χ1n) is 5.01. The molecule has 0 atom stereocenters. The number of amides is 1. The number of alkyl halides is 3. The van der Waals surface area contributed by atoms with E-state index in [0.717, 1.165) is 18.2 Å². The lowest BCUT2D eigenvalue weighted by molar-refractivity contribution is -0.137. The van der Waals surface area contributed by atoms with Gasteiger partial charge in [0.15, 0.2) is 0 Å². The zero-order chi connectivity index (χ0) is 13.3. The van der Waals surface area contributed by atoms with Crippen LogP contribution < -0.4 is 5.32 Å². The van der Waals surface area contributed by atoms with Gasteiger partial charge in [0.05, 0.1) is 5.56 Å². The van der Waals surface area contributed by atoms with Crippen LogP contribution in [0.15, 0.2) is 18.2 Å². The third-order valence-electron chi connectivity index (χ3n) is 2.06. The summed E-state index contributed by atoms with van der Waals surface area (Å²) in [7, 11) is 0. The van der Waals surface area contributed by atoms with Crippen molar-refractivity contribution in [2.45, 2.75) is 26.9 Å². The number of benzene rings is 1. The number of hydrogen-bond acceptors (Lipinski definition) is 1. The first-order chi connectivity index (χ1) is 7.60. The van der Waals surface area contributed by atoms with Crippen LogP contribution in [0.25, 0.3) is 0 Å². The molecule has 0 saturated heterocycles. The minimum absolute atomic E-state index is 0.0275. The summed E-state index contributed by atoms with van der Waals surface area (Å²) in [5.74, 6) is -0.354. The van der Waals surface area contributed by atoms with E-state index in [1.807, 2.05) is 0 Å². The van der Waals surface area contributed by atoms with Crippen molar-refractivity contribution in [3.05, 3.63) is 29.8 Å². The van der Waals surface area contributed by atoms with E-state index in [1.165, 1.54) is 0 Å². The Hall–Kier alpha value is -1.52. The van der Waals surface area contributed by atoms with Gasteiger partial charge in [0.2, 0.25) is 5.91 Å². The molecule has 0 unspecified atom stereocenters. The van der Waals surface area contributed by atoms with Gasteiger partial charge in [-0.25, -0.2) is 0 Å². The van der Waals surface area contributed by atoms with Gasteiger partial charge in [0.25, 0.3) is 0 Å². The maximum absolute atomic E-state index is 12.4. The molecule has 0 spiro atoms. The molecular weight excluding hydrogens is 231 g/mol. The summed E-state index contributed by atoms with van der Waals surface area (Å²) in [6.45, 7) is 5.03. The smallest absolute Gasteiger partial charge is 0.325 e. The molecule has 1 aromatic rings. The fourth-order valence-corrected chi connectivity index (χ4v) is 1.02. The molecule has 1 aromatic carbocycles. The number of carbonyl (C=O) groups excluding carboxylic acids is 1. The summed E-state index contributed by atoms with van der Waals surface area (Å²) < 4.78 is 37.2. The Balaban J connectivity index is 2.91. The van der Waals surface area contributed by atoms with Crippen LogP contribution in [0.1, 0.15) is 26.3 Å². The monoisotopic (exact) mass is 244 g/mol. The minimum Gasteiger partial charge on any atom is -0.325 e. The van der Waals surface area contributed by atoms with Crippen LogP contribution >= 0.6 is 0 Å². The molecule has 5 heteroatoms. The molecule has 0 aromatic heterocycles. The van der Waals surface area contributed by atoms with E-state index in [4.69, 9.17) is 0 Å². The van der Waals surface area contributed by atoms with Crippen molar-refractivity contribution in [1.29, 1.82) is 0 Å². The van der Waals surface area contributed by atoms with Crippen LogP contribution in [0.2, 0.25) is 0 Å². The molecule has 1 radical (unpaired) electrons. The quantitative estimate of drug-likeness (QED) is 0.805. The summed E-state index contributed by atoms with van der Waals surface area (Å²) in [6.07, 6.45) is -4.42. The molecule has 2 nitrogen and oxygen atoms in total. The van der Waals surface area contributed by atoms with Crippen molar-refractivity contribution in [2.24, 2.45) is 5.41 Å². The Kier molecular flexibility index (Phi) is 3.50. The van der Waals surface area contributed by atoms with Gasteiger partial charge in [-0.1, -0.05) is 26.8 Å². The van der Waals surface area contributed by atoms with Gasteiger partial charge in [-0.05, 0) is 12.1 Å². The lowest BCUT2D eigenvalue weighted by Gasteiger charge is -2.18. The highest BCUT2D eigenvalue weighted by atomic mass is 19.4. The number of anilines is 1. The zero-order valence-electron chi connectivity index (χ0n) is 9.77. The maximum atomic E-state index is 12.4. The summed E-state index contributed by atoms with van der Waals surface area (Å²) in [5, 5.41) is 2.40. The lowest BCUT2D eigenvalue weighted by Crippen LogP contribution is -2.27. The number of halogens is 3. The number of carbonyl (C=O) groups is 1. The maximum Gasteiger partial charge on any atom is 0.416 e. The van der Waals surface area contributed by atoms with Crippen LogP contribution in [0.5, 0.6) is 0 Å². The van der Waals surface area contributed by atoms with E-state index in [9.17, 15) is 18.0 Å². The molecule has 0 fully saturated rings. The number of nitrogens with one attached hydrogen (secondary N) is 1. The van der Waals surface area contributed by atoms with Crippen LogP contribution in [0, 0.1) is 11.5 Å². The van der Waals surface area contributed by atoms with E-state index < -0.39 is 17.2 Å². The highest BCUT2D eigenvalue weighted by Gasteiger charge is 2.31. The van der Waals surface area contributed by atoms with Crippen molar-refractivity contribution in [3.63, 3.8) is 0 Å². The molecule has 0 saturated carbocycles. The Bertz CT molecular complexity index is 418. The fraction of sp³-hybridized carbons (Fsp3) is 0.417. The molecule has 0 heterocycles. The molecule has 1 rings (SSSR count). The minimum atomic E-state index is -4.42. The van der Waals surface area contributed by atoms with Crippen molar-refractivity contribution < 1.29 is 18.0 Å². The van der Waals surface area contributed by atoms with Crippen LogP contribution in [0.3, 0.4) is 0 Å². The van der Waals surface area contributed by atoms with Crippen molar-refractivity contribution in [1.82, 2.24) is 0 Å². The van der Waals surface area contributed by atoms with E-state index >= 15 is 0 Å². The number of hydrogen-bond donors (Lipinski definition) is 1. The third-order valence-corrected chi connectivity index (χ3v) is 2.06. The molecule has 1 amide bonds. The molecule has 17 heavy (non-hydrogen) atoms. The van der Waals surface area contributed by atoms with Gasteiger partial charge >= 0.3 is 6.18 Å². The molecule has 0 aliphatic heterocycles. The highest BCUT2D eigenvalue weighted by molar-refractivity contribution is 5.94. The van der Waals surface area contributed by atoms with Gasteiger partial charge in [-0.3, -0.25) is 4.79 Å². The Morgan fingerprint density at radius 1 is 1.29 bits per heavy atom. The fourth-order valence-electron chi connectivity index (χ4n) is 1.02. The topological polar surface area (TPSA) is 29.1 Å². The molecule has 0 aliphatic rings. The SMILES string of the molecule is CC(C)(C)C(=O)Nc1[c]ccc(C(F)(F)F)c1. The average molecular weight is 244 g/mol. The zero-order valence-corrected chi connectivity index (χ0v) is 9.77. The summed E-state index contributed by atoms with van der Waals surface area (Å²) in [4.78, 5) is 11.6. The van der Waals surface area contributed by atoms with Gasteiger partial charge < -0.3 is 5.32 Å². The molecule has 0 aliphatic carbocycles.